The van der Waals surface area contributed by atoms with E-state index in [0.29, 0.717) is 18.1 Å². The van der Waals surface area contributed by atoms with Crippen LogP contribution in [0.3, 0.4) is 0 Å². The van der Waals surface area contributed by atoms with Crippen LogP contribution in [-0.4, -0.2) is 31.6 Å². The second-order valence-electron chi connectivity index (χ2n) is 5.27. The number of thioether (sulfide) groups is 1. The predicted octanol–water partition coefficient (Wildman–Crippen LogP) is 3.03. The molecule has 0 spiro atoms. The van der Waals surface area contributed by atoms with Crippen LogP contribution in [0.5, 0.6) is 0 Å². The van der Waals surface area contributed by atoms with Gasteiger partial charge in [0, 0.05) is 36.3 Å². The van der Waals surface area contributed by atoms with Gasteiger partial charge < -0.3 is 10.1 Å². The zero-order valence-electron chi connectivity index (χ0n) is 10.9. The van der Waals surface area contributed by atoms with Gasteiger partial charge in [0.1, 0.15) is 0 Å². The SMILES string of the molecule is COC1CCCC1NCC1CSc2ccccc21. The summed E-state index contributed by atoms with van der Waals surface area (Å²) in [6, 6.07) is 9.38. The summed E-state index contributed by atoms with van der Waals surface area (Å²) >= 11 is 1.99. The highest BCUT2D eigenvalue weighted by molar-refractivity contribution is 7.99. The third kappa shape index (κ3) is 2.44. The van der Waals surface area contributed by atoms with Gasteiger partial charge in [-0.05, 0) is 30.9 Å². The Morgan fingerprint density at radius 1 is 1.33 bits per heavy atom. The highest BCUT2D eigenvalue weighted by atomic mass is 32.2. The normalized spacial score (nSPS) is 30.6. The molecule has 0 aromatic heterocycles. The maximum atomic E-state index is 5.54. The van der Waals surface area contributed by atoms with Crippen molar-refractivity contribution in [2.24, 2.45) is 0 Å². The summed E-state index contributed by atoms with van der Waals surface area (Å²) in [5.74, 6) is 1.89. The van der Waals surface area contributed by atoms with Crippen LogP contribution < -0.4 is 5.32 Å². The van der Waals surface area contributed by atoms with E-state index >= 15 is 0 Å². The van der Waals surface area contributed by atoms with Crippen molar-refractivity contribution in [2.75, 3.05) is 19.4 Å². The van der Waals surface area contributed by atoms with E-state index < -0.39 is 0 Å². The van der Waals surface area contributed by atoms with E-state index in [0.717, 1.165) is 6.54 Å². The Kier molecular flexibility index (Phi) is 3.92. The molecule has 0 bridgehead atoms. The van der Waals surface area contributed by atoms with Crippen LogP contribution in [0.4, 0.5) is 0 Å². The molecule has 1 saturated carbocycles. The van der Waals surface area contributed by atoms with Gasteiger partial charge in [-0.3, -0.25) is 0 Å². The summed E-state index contributed by atoms with van der Waals surface area (Å²) in [4.78, 5) is 1.47. The van der Waals surface area contributed by atoms with Crippen molar-refractivity contribution in [3.63, 3.8) is 0 Å². The lowest BCUT2D eigenvalue weighted by molar-refractivity contribution is 0.0849. The molecular formula is C15H21NOS. The summed E-state index contributed by atoms with van der Waals surface area (Å²) in [6.07, 6.45) is 4.20. The fourth-order valence-corrected chi connectivity index (χ4v) is 4.39. The van der Waals surface area contributed by atoms with Gasteiger partial charge in [0.15, 0.2) is 0 Å². The molecule has 2 aliphatic rings. The van der Waals surface area contributed by atoms with Crippen LogP contribution in [0.25, 0.3) is 0 Å². The third-order valence-electron chi connectivity index (χ3n) is 4.18. The van der Waals surface area contributed by atoms with E-state index in [2.05, 4.69) is 29.6 Å². The second-order valence-corrected chi connectivity index (χ2v) is 6.33. The zero-order chi connectivity index (χ0) is 12.4. The lowest BCUT2D eigenvalue weighted by Crippen LogP contribution is -2.39. The molecule has 1 aliphatic carbocycles. The smallest absolute Gasteiger partial charge is 0.0724 e. The fourth-order valence-electron chi connectivity index (χ4n) is 3.13. The summed E-state index contributed by atoms with van der Waals surface area (Å²) < 4.78 is 5.54. The number of hydrogen-bond donors (Lipinski definition) is 1. The minimum atomic E-state index is 0.425. The first-order valence-corrected chi connectivity index (χ1v) is 7.85. The van der Waals surface area contributed by atoms with Crippen LogP contribution in [0.15, 0.2) is 29.2 Å². The van der Waals surface area contributed by atoms with Gasteiger partial charge >= 0.3 is 0 Å². The van der Waals surface area contributed by atoms with E-state index in [1.54, 1.807) is 0 Å². The summed E-state index contributed by atoms with van der Waals surface area (Å²) in [5.41, 5.74) is 1.53. The molecule has 1 fully saturated rings. The van der Waals surface area contributed by atoms with Crippen molar-refractivity contribution >= 4 is 11.8 Å². The average Bonchev–Trinajstić information content (AvgIpc) is 3.02. The van der Waals surface area contributed by atoms with Crippen molar-refractivity contribution in [3.8, 4) is 0 Å². The van der Waals surface area contributed by atoms with Gasteiger partial charge in [0.05, 0.1) is 6.10 Å². The largest absolute Gasteiger partial charge is 0.380 e. The first kappa shape index (κ1) is 12.5. The number of benzene rings is 1. The zero-order valence-corrected chi connectivity index (χ0v) is 11.7. The quantitative estimate of drug-likeness (QED) is 0.902. The Bertz CT molecular complexity index is 409. The molecule has 3 heteroatoms. The second kappa shape index (κ2) is 5.64. The van der Waals surface area contributed by atoms with Crippen LogP contribution in [-0.2, 0) is 4.74 Å². The van der Waals surface area contributed by atoms with Crippen LogP contribution >= 0.6 is 11.8 Å². The number of ether oxygens (including phenoxy) is 1. The molecule has 0 saturated heterocycles. The minimum absolute atomic E-state index is 0.425. The van der Waals surface area contributed by atoms with E-state index in [1.165, 1.54) is 35.5 Å². The average molecular weight is 263 g/mol. The number of methoxy groups -OCH3 is 1. The van der Waals surface area contributed by atoms with Crippen molar-refractivity contribution < 1.29 is 4.74 Å². The predicted molar refractivity (Wildman–Crippen MR) is 76.3 cm³/mol. The molecule has 1 aromatic rings. The topological polar surface area (TPSA) is 21.3 Å². The highest BCUT2D eigenvalue weighted by Gasteiger charge is 2.29. The molecular weight excluding hydrogens is 242 g/mol. The third-order valence-corrected chi connectivity index (χ3v) is 5.43. The van der Waals surface area contributed by atoms with Gasteiger partial charge in [0.2, 0.25) is 0 Å². The Labute approximate surface area is 113 Å². The molecule has 1 N–H and O–H groups in total. The molecule has 98 valence electrons. The van der Waals surface area contributed by atoms with Gasteiger partial charge in [-0.25, -0.2) is 0 Å². The van der Waals surface area contributed by atoms with Crippen molar-refractivity contribution in [3.05, 3.63) is 29.8 Å². The van der Waals surface area contributed by atoms with Gasteiger partial charge in [0.25, 0.3) is 0 Å². The Morgan fingerprint density at radius 2 is 2.22 bits per heavy atom. The molecule has 3 atom stereocenters. The van der Waals surface area contributed by atoms with E-state index in [9.17, 15) is 0 Å². The summed E-state index contributed by atoms with van der Waals surface area (Å²) in [7, 11) is 1.84. The lowest BCUT2D eigenvalue weighted by Gasteiger charge is -2.22. The Hall–Kier alpha value is -0.510. The maximum Gasteiger partial charge on any atom is 0.0724 e. The maximum absolute atomic E-state index is 5.54. The van der Waals surface area contributed by atoms with Crippen molar-refractivity contribution in [1.82, 2.24) is 5.32 Å². The highest BCUT2D eigenvalue weighted by Crippen LogP contribution is 2.39. The number of rotatable bonds is 4. The van der Waals surface area contributed by atoms with Crippen molar-refractivity contribution in [1.29, 1.82) is 0 Å². The van der Waals surface area contributed by atoms with Gasteiger partial charge in [-0.15, -0.1) is 11.8 Å². The van der Waals surface area contributed by atoms with Crippen molar-refractivity contribution in [2.45, 2.75) is 42.2 Å². The number of nitrogens with one attached hydrogen (secondary N) is 1. The lowest BCUT2D eigenvalue weighted by atomic mass is 10.0. The molecule has 1 aliphatic heterocycles. The molecule has 3 rings (SSSR count). The molecule has 1 aromatic carbocycles. The minimum Gasteiger partial charge on any atom is -0.380 e. The van der Waals surface area contributed by atoms with Crippen LogP contribution in [0.2, 0.25) is 0 Å². The van der Waals surface area contributed by atoms with Gasteiger partial charge in [-0.2, -0.15) is 0 Å². The molecule has 0 amide bonds. The van der Waals surface area contributed by atoms with Crippen LogP contribution in [0.1, 0.15) is 30.7 Å². The fraction of sp³-hybridized carbons (Fsp3) is 0.600. The number of hydrogen-bond acceptors (Lipinski definition) is 3. The standard InChI is InChI=1S/C15H21NOS/c1-17-14-7-4-6-13(14)16-9-11-10-18-15-8-3-2-5-12(11)15/h2-3,5,8,11,13-14,16H,4,6-7,9-10H2,1H3. The first-order chi connectivity index (χ1) is 8.88. The molecule has 2 nitrogen and oxygen atoms in total. The summed E-state index contributed by atoms with van der Waals surface area (Å²) in [5, 5.41) is 3.73. The van der Waals surface area contributed by atoms with E-state index in [4.69, 9.17) is 4.74 Å². The van der Waals surface area contributed by atoms with E-state index in [-0.39, 0.29) is 0 Å². The Morgan fingerprint density at radius 3 is 3.11 bits per heavy atom. The number of fused-ring (bicyclic) bond motifs is 1. The molecule has 0 radical (unpaired) electrons. The summed E-state index contributed by atoms with van der Waals surface area (Å²) in [6.45, 7) is 1.09. The van der Waals surface area contributed by atoms with Gasteiger partial charge in [-0.1, -0.05) is 18.2 Å². The molecule has 1 heterocycles. The first-order valence-electron chi connectivity index (χ1n) is 6.86. The van der Waals surface area contributed by atoms with Crippen LogP contribution in [0, 0.1) is 0 Å². The molecule has 3 unspecified atom stereocenters. The molecule has 18 heavy (non-hydrogen) atoms. The Balaban J connectivity index is 1.58. The van der Waals surface area contributed by atoms with E-state index in [1.807, 2.05) is 18.9 Å². The monoisotopic (exact) mass is 263 g/mol.